The highest BCUT2D eigenvalue weighted by Crippen LogP contribution is 2.29. The summed E-state index contributed by atoms with van der Waals surface area (Å²) >= 11 is 0. The molecule has 0 amide bonds. The fourth-order valence-corrected chi connectivity index (χ4v) is 4.40. The van der Waals surface area contributed by atoms with Crippen molar-refractivity contribution in [3.63, 3.8) is 0 Å². The summed E-state index contributed by atoms with van der Waals surface area (Å²) in [5.74, 6) is -2.01. The van der Waals surface area contributed by atoms with Crippen molar-refractivity contribution in [2.24, 2.45) is 0 Å². The summed E-state index contributed by atoms with van der Waals surface area (Å²) < 4.78 is 54.6. The van der Waals surface area contributed by atoms with E-state index in [0.717, 1.165) is 43.4 Å². The number of hydrogen-bond donors (Lipinski definition) is 2. The van der Waals surface area contributed by atoms with Crippen LogP contribution in [0.2, 0.25) is 0 Å². The molecule has 2 aromatic carbocycles. The third-order valence-corrected chi connectivity index (χ3v) is 5.96. The molecule has 0 fully saturated rings. The standard InChI is InChI=1S/C18H16F2N2O2S/c19-15-8-14-17(9-16(15)20)21-10-18(14)22-25(23,24)13-6-5-11-3-1-2-4-12(11)7-13/h5-10,21-22H,1-4H2. The Hall–Kier alpha value is -2.41. The van der Waals surface area contributed by atoms with Crippen molar-refractivity contribution in [2.75, 3.05) is 4.72 Å². The number of halogens is 2. The molecule has 0 unspecified atom stereocenters. The Bertz CT molecular complexity index is 1070. The van der Waals surface area contributed by atoms with Crippen molar-refractivity contribution in [3.8, 4) is 0 Å². The van der Waals surface area contributed by atoms with Crippen LogP contribution in [0.4, 0.5) is 14.5 Å². The molecule has 3 aromatic rings. The number of nitrogens with one attached hydrogen (secondary N) is 2. The second kappa shape index (κ2) is 5.84. The van der Waals surface area contributed by atoms with Crippen molar-refractivity contribution in [1.82, 2.24) is 4.98 Å². The number of aromatic amines is 1. The van der Waals surface area contributed by atoms with Crippen LogP contribution in [0.1, 0.15) is 24.0 Å². The minimum Gasteiger partial charge on any atom is -0.359 e. The van der Waals surface area contributed by atoms with Crippen LogP contribution < -0.4 is 4.72 Å². The quantitative estimate of drug-likeness (QED) is 0.736. The number of H-pyrrole nitrogens is 1. The second-order valence-corrected chi connectivity index (χ2v) is 7.94. The first kappa shape index (κ1) is 16.1. The molecule has 25 heavy (non-hydrogen) atoms. The minimum atomic E-state index is -3.82. The summed E-state index contributed by atoms with van der Waals surface area (Å²) in [6.07, 6.45) is 5.40. The molecule has 0 atom stereocenters. The summed E-state index contributed by atoms with van der Waals surface area (Å²) in [5.41, 5.74) is 2.75. The maximum absolute atomic E-state index is 13.5. The Kier molecular flexibility index (Phi) is 3.76. The molecule has 0 aliphatic heterocycles. The Morgan fingerprint density at radius 2 is 1.68 bits per heavy atom. The van der Waals surface area contributed by atoms with Crippen molar-refractivity contribution in [2.45, 2.75) is 30.6 Å². The summed E-state index contributed by atoms with van der Waals surface area (Å²) in [6, 6.07) is 7.12. The van der Waals surface area contributed by atoms with E-state index in [1.807, 2.05) is 6.07 Å². The maximum Gasteiger partial charge on any atom is 0.261 e. The summed E-state index contributed by atoms with van der Waals surface area (Å²) in [6.45, 7) is 0. The molecule has 0 bridgehead atoms. The first-order valence-corrected chi connectivity index (χ1v) is 9.53. The monoisotopic (exact) mass is 362 g/mol. The lowest BCUT2D eigenvalue weighted by atomic mass is 9.92. The van der Waals surface area contributed by atoms with Crippen molar-refractivity contribution in [3.05, 3.63) is 59.3 Å². The summed E-state index contributed by atoms with van der Waals surface area (Å²) in [5, 5.41) is 0.278. The van der Waals surface area contributed by atoms with Crippen LogP contribution in [0, 0.1) is 11.6 Å². The van der Waals surface area contributed by atoms with Crippen LogP contribution in [0.15, 0.2) is 41.4 Å². The van der Waals surface area contributed by atoms with Gasteiger partial charge in [-0.3, -0.25) is 4.72 Å². The number of fused-ring (bicyclic) bond motifs is 2. The highest BCUT2D eigenvalue weighted by molar-refractivity contribution is 7.92. The Balaban J connectivity index is 1.71. The van der Waals surface area contributed by atoms with E-state index in [2.05, 4.69) is 9.71 Å². The lowest BCUT2D eigenvalue weighted by Crippen LogP contribution is -2.14. The van der Waals surface area contributed by atoms with Crippen LogP contribution in [0.5, 0.6) is 0 Å². The smallest absolute Gasteiger partial charge is 0.261 e. The lowest BCUT2D eigenvalue weighted by Gasteiger charge is -2.17. The van der Waals surface area contributed by atoms with Crippen LogP contribution in [-0.4, -0.2) is 13.4 Å². The average molecular weight is 362 g/mol. The Morgan fingerprint density at radius 3 is 2.48 bits per heavy atom. The van der Waals surface area contributed by atoms with Crippen LogP contribution in [-0.2, 0) is 22.9 Å². The molecule has 0 saturated heterocycles. The third kappa shape index (κ3) is 2.89. The normalized spacial score (nSPS) is 14.5. The second-order valence-electron chi connectivity index (χ2n) is 6.26. The number of benzene rings is 2. The Morgan fingerprint density at radius 1 is 0.960 bits per heavy atom. The molecule has 1 aliphatic carbocycles. The zero-order valence-corrected chi connectivity index (χ0v) is 14.1. The van der Waals surface area contributed by atoms with Gasteiger partial charge in [0.05, 0.1) is 16.1 Å². The van der Waals surface area contributed by atoms with Gasteiger partial charge in [-0.05, 0) is 55.0 Å². The average Bonchev–Trinajstić information content (AvgIpc) is 2.96. The number of rotatable bonds is 3. The van der Waals surface area contributed by atoms with E-state index in [9.17, 15) is 17.2 Å². The van der Waals surface area contributed by atoms with Crippen LogP contribution in [0.3, 0.4) is 0 Å². The van der Waals surface area contributed by atoms with E-state index >= 15 is 0 Å². The lowest BCUT2D eigenvalue weighted by molar-refractivity contribution is 0.511. The molecule has 4 nitrogen and oxygen atoms in total. The van der Waals surface area contributed by atoms with Crippen LogP contribution in [0.25, 0.3) is 10.9 Å². The van der Waals surface area contributed by atoms with Crippen molar-refractivity contribution < 1.29 is 17.2 Å². The first-order chi connectivity index (χ1) is 11.9. The molecule has 0 saturated carbocycles. The number of aromatic nitrogens is 1. The van der Waals surface area contributed by atoms with Gasteiger partial charge in [0.25, 0.3) is 10.0 Å². The number of hydrogen-bond acceptors (Lipinski definition) is 2. The molecule has 4 rings (SSSR count). The predicted molar refractivity (Wildman–Crippen MR) is 92.1 cm³/mol. The highest BCUT2D eigenvalue weighted by Gasteiger charge is 2.20. The molecule has 1 heterocycles. The molecule has 7 heteroatoms. The minimum absolute atomic E-state index is 0.171. The molecule has 0 spiro atoms. The van der Waals surface area contributed by atoms with E-state index in [0.29, 0.717) is 5.52 Å². The van der Waals surface area contributed by atoms with Gasteiger partial charge in [0, 0.05) is 17.6 Å². The largest absolute Gasteiger partial charge is 0.359 e. The predicted octanol–water partition coefficient (Wildman–Crippen LogP) is 4.13. The highest BCUT2D eigenvalue weighted by atomic mass is 32.2. The van der Waals surface area contributed by atoms with Gasteiger partial charge < -0.3 is 4.98 Å². The van der Waals surface area contributed by atoms with Crippen LogP contribution >= 0.6 is 0 Å². The van der Waals surface area contributed by atoms with E-state index in [4.69, 9.17) is 0 Å². The van der Waals surface area contributed by atoms with E-state index < -0.39 is 21.7 Å². The van der Waals surface area contributed by atoms with Gasteiger partial charge in [0.15, 0.2) is 11.6 Å². The third-order valence-electron chi connectivity index (χ3n) is 4.60. The van der Waals surface area contributed by atoms with Gasteiger partial charge in [0.1, 0.15) is 0 Å². The summed E-state index contributed by atoms with van der Waals surface area (Å²) in [4.78, 5) is 2.92. The maximum atomic E-state index is 13.5. The van der Waals surface area contributed by atoms with Gasteiger partial charge in [-0.1, -0.05) is 6.07 Å². The number of aryl methyl sites for hydroxylation is 2. The molecule has 130 valence electrons. The Labute approximate surface area is 143 Å². The number of anilines is 1. The van der Waals surface area contributed by atoms with Gasteiger partial charge in [-0.2, -0.15) is 0 Å². The topological polar surface area (TPSA) is 62.0 Å². The van der Waals surface area contributed by atoms with E-state index in [1.54, 1.807) is 12.1 Å². The van der Waals surface area contributed by atoms with Gasteiger partial charge in [-0.15, -0.1) is 0 Å². The first-order valence-electron chi connectivity index (χ1n) is 8.05. The van der Waals surface area contributed by atoms with Gasteiger partial charge in [0.2, 0.25) is 0 Å². The fourth-order valence-electron chi connectivity index (χ4n) is 3.28. The molecule has 0 radical (unpaired) electrons. The van der Waals surface area contributed by atoms with Gasteiger partial charge in [-0.25, -0.2) is 17.2 Å². The zero-order chi connectivity index (χ0) is 17.6. The molecular weight excluding hydrogens is 346 g/mol. The molecule has 1 aromatic heterocycles. The molecular formula is C18H16F2N2O2S. The summed E-state index contributed by atoms with van der Waals surface area (Å²) in [7, 11) is -3.82. The number of sulfonamides is 1. The molecule has 2 N–H and O–H groups in total. The van der Waals surface area contributed by atoms with Gasteiger partial charge >= 0.3 is 0 Å². The zero-order valence-electron chi connectivity index (χ0n) is 13.3. The fraction of sp³-hybridized carbons (Fsp3) is 0.222. The SMILES string of the molecule is O=S(=O)(Nc1c[nH]c2cc(F)c(F)cc12)c1ccc2c(c1)CCCC2. The van der Waals surface area contributed by atoms with Crippen molar-refractivity contribution in [1.29, 1.82) is 0 Å². The van der Waals surface area contributed by atoms with E-state index in [-0.39, 0.29) is 16.0 Å². The van der Waals surface area contributed by atoms with E-state index in [1.165, 1.54) is 11.8 Å². The molecule has 1 aliphatic rings. The van der Waals surface area contributed by atoms with Crippen molar-refractivity contribution >= 4 is 26.6 Å².